The average Bonchev–Trinajstić information content (AvgIpc) is 2.47. The molecule has 0 aliphatic heterocycles. The van der Waals surface area contributed by atoms with E-state index < -0.39 is 0 Å². The van der Waals surface area contributed by atoms with Crippen molar-refractivity contribution in [3.8, 4) is 5.75 Å². The van der Waals surface area contributed by atoms with Gasteiger partial charge in [0.2, 0.25) is 0 Å². The third-order valence-corrected chi connectivity index (χ3v) is 3.39. The highest BCUT2D eigenvalue weighted by Crippen LogP contribution is 2.28. The van der Waals surface area contributed by atoms with Crippen molar-refractivity contribution in [2.75, 3.05) is 17.7 Å². The van der Waals surface area contributed by atoms with Crippen molar-refractivity contribution >= 4 is 28.9 Å². The molecule has 5 nitrogen and oxygen atoms in total. The lowest BCUT2D eigenvalue weighted by Gasteiger charge is -2.13. The molecular weight excluding hydrogens is 288 g/mol. The molecule has 0 bridgehead atoms. The number of methoxy groups -OCH3 is 1. The Kier molecular flexibility index (Phi) is 5.22. The quantitative estimate of drug-likeness (QED) is 0.841. The van der Waals surface area contributed by atoms with E-state index in [1.54, 1.807) is 13.2 Å². The number of hydrogen-bond acceptors (Lipinski definition) is 5. The highest BCUT2D eigenvalue weighted by atomic mass is 35.5. The van der Waals surface area contributed by atoms with Gasteiger partial charge in [0.05, 0.1) is 12.1 Å². The molecule has 0 saturated heterocycles. The second-order valence-corrected chi connectivity index (χ2v) is 5.12. The predicted molar refractivity (Wildman–Crippen MR) is 86.7 cm³/mol. The Morgan fingerprint density at radius 3 is 2.67 bits per heavy atom. The maximum atomic E-state index is 6.10. The first-order valence-corrected chi connectivity index (χ1v) is 7.19. The van der Waals surface area contributed by atoms with Gasteiger partial charge in [0.15, 0.2) is 0 Å². The number of benzene rings is 1. The summed E-state index contributed by atoms with van der Waals surface area (Å²) in [5.41, 5.74) is 0.842. The maximum Gasteiger partial charge on any atom is 0.137 e. The minimum Gasteiger partial charge on any atom is -0.495 e. The van der Waals surface area contributed by atoms with Gasteiger partial charge in [-0.3, -0.25) is 0 Å². The zero-order valence-corrected chi connectivity index (χ0v) is 13.1. The minimum atomic E-state index is 0.364. The predicted octanol–water partition coefficient (Wildman–Crippen LogP) is 4.09. The summed E-state index contributed by atoms with van der Waals surface area (Å²) in [7, 11) is 1.59. The summed E-state index contributed by atoms with van der Waals surface area (Å²) in [4.78, 5) is 8.41. The Morgan fingerprint density at radius 2 is 2.00 bits per heavy atom. The van der Waals surface area contributed by atoms with Crippen LogP contribution in [0, 0.1) is 0 Å². The van der Waals surface area contributed by atoms with Crippen LogP contribution in [0.5, 0.6) is 5.75 Å². The van der Waals surface area contributed by atoms with Gasteiger partial charge in [0.1, 0.15) is 23.7 Å². The van der Waals surface area contributed by atoms with Crippen LogP contribution in [0.25, 0.3) is 0 Å². The Balaban J connectivity index is 2.12. The van der Waals surface area contributed by atoms with E-state index in [2.05, 4.69) is 34.4 Å². The van der Waals surface area contributed by atoms with E-state index in [9.17, 15) is 0 Å². The van der Waals surface area contributed by atoms with Gasteiger partial charge >= 0.3 is 0 Å². The number of ether oxygens (including phenoxy) is 1. The molecule has 0 amide bonds. The van der Waals surface area contributed by atoms with Crippen molar-refractivity contribution in [1.29, 1.82) is 0 Å². The molecule has 1 atom stereocenters. The Hall–Kier alpha value is -2.01. The molecule has 2 rings (SSSR count). The summed E-state index contributed by atoms with van der Waals surface area (Å²) in [6, 6.07) is 7.72. The van der Waals surface area contributed by atoms with Crippen LogP contribution in [0.1, 0.15) is 20.3 Å². The molecule has 112 valence electrons. The normalized spacial score (nSPS) is 11.8. The zero-order valence-electron chi connectivity index (χ0n) is 12.4. The van der Waals surface area contributed by atoms with Gasteiger partial charge in [0, 0.05) is 17.8 Å². The van der Waals surface area contributed by atoms with Gasteiger partial charge < -0.3 is 15.4 Å². The summed E-state index contributed by atoms with van der Waals surface area (Å²) in [6.45, 7) is 4.23. The van der Waals surface area contributed by atoms with Crippen LogP contribution in [0.15, 0.2) is 30.6 Å². The van der Waals surface area contributed by atoms with E-state index in [4.69, 9.17) is 16.3 Å². The molecule has 0 aliphatic rings. The lowest BCUT2D eigenvalue weighted by molar-refractivity contribution is 0.415. The summed E-state index contributed by atoms with van der Waals surface area (Å²) in [5.74, 6) is 2.14. The summed E-state index contributed by atoms with van der Waals surface area (Å²) < 4.78 is 5.13. The highest BCUT2D eigenvalue weighted by molar-refractivity contribution is 6.32. The lowest BCUT2D eigenvalue weighted by atomic mass is 10.2. The standard InChI is InChI=1S/C15H19ClN4O/c1-4-10(2)19-14-8-15(18-9-17-14)20-11-5-6-13(21-3)12(16)7-11/h5-10H,4H2,1-3H3,(H2,17,18,19,20). The monoisotopic (exact) mass is 306 g/mol. The molecule has 0 radical (unpaired) electrons. The summed E-state index contributed by atoms with van der Waals surface area (Å²) in [5, 5.41) is 7.06. The number of anilines is 3. The van der Waals surface area contributed by atoms with Crippen LogP contribution in [-0.4, -0.2) is 23.1 Å². The molecule has 0 aliphatic carbocycles. The van der Waals surface area contributed by atoms with Crippen molar-refractivity contribution in [3.05, 3.63) is 35.6 Å². The van der Waals surface area contributed by atoms with Crippen LogP contribution in [0.4, 0.5) is 17.3 Å². The van der Waals surface area contributed by atoms with Gasteiger partial charge in [-0.15, -0.1) is 0 Å². The number of nitrogens with one attached hydrogen (secondary N) is 2. The molecule has 1 unspecified atom stereocenters. The fourth-order valence-electron chi connectivity index (χ4n) is 1.75. The molecule has 1 aromatic carbocycles. The van der Waals surface area contributed by atoms with E-state index in [1.165, 1.54) is 6.33 Å². The van der Waals surface area contributed by atoms with Crippen LogP contribution in [0.2, 0.25) is 5.02 Å². The van der Waals surface area contributed by atoms with E-state index in [-0.39, 0.29) is 0 Å². The third-order valence-electron chi connectivity index (χ3n) is 3.10. The van der Waals surface area contributed by atoms with Gasteiger partial charge in [-0.25, -0.2) is 9.97 Å². The number of nitrogens with zero attached hydrogens (tertiary/aromatic N) is 2. The minimum absolute atomic E-state index is 0.364. The first kappa shape index (κ1) is 15.4. The first-order chi connectivity index (χ1) is 10.1. The summed E-state index contributed by atoms with van der Waals surface area (Å²) >= 11 is 6.10. The number of hydrogen-bond donors (Lipinski definition) is 2. The van der Waals surface area contributed by atoms with Gasteiger partial charge in [-0.1, -0.05) is 18.5 Å². The highest BCUT2D eigenvalue weighted by Gasteiger charge is 2.05. The van der Waals surface area contributed by atoms with Crippen molar-refractivity contribution in [3.63, 3.8) is 0 Å². The van der Waals surface area contributed by atoms with Crippen LogP contribution in [-0.2, 0) is 0 Å². The molecule has 0 spiro atoms. The topological polar surface area (TPSA) is 59.1 Å². The summed E-state index contributed by atoms with van der Waals surface area (Å²) in [6.07, 6.45) is 2.55. The lowest BCUT2D eigenvalue weighted by Crippen LogP contribution is -2.14. The Bertz CT molecular complexity index is 606. The molecule has 2 aromatic rings. The largest absolute Gasteiger partial charge is 0.495 e. The molecule has 2 N–H and O–H groups in total. The Morgan fingerprint density at radius 1 is 1.24 bits per heavy atom. The molecule has 6 heteroatoms. The molecule has 21 heavy (non-hydrogen) atoms. The first-order valence-electron chi connectivity index (χ1n) is 6.81. The second-order valence-electron chi connectivity index (χ2n) is 4.72. The SMILES string of the molecule is CCC(C)Nc1cc(Nc2ccc(OC)c(Cl)c2)ncn1. The third kappa shape index (κ3) is 4.23. The van der Waals surface area contributed by atoms with Crippen molar-refractivity contribution in [2.45, 2.75) is 26.3 Å². The molecule has 1 aromatic heterocycles. The molecule has 0 saturated carbocycles. The van der Waals surface area contributed by atoms with Gasteiger partial charge in [-0.2, -0.15) is 0 Å². The molecule has 0 fully saturated rings. The molecule has 1 heterocycles. The van der Waals surface area contributed by atoms with E-state index >= 15 is 0 Å². The number of aromatic nitrogens is 2. The van der Waals surface area contributed by atoms with Crippen molar-refractivity contribution < 1.29 is 4.74 Å². The fourth-order valence-corrected chi connectivity index (χ4v) is 2.01. The van der Waals surface area contributed by atoms with Crippen molar-refractivity contribution in [1.82, 2.24) is 9.97 Å². The Labute approximate surface area is 129 Å². The second kappa shape index (κ2) is 7.13. The molecular formula is C15H19ClN4O. The zero-order chi connectivity index (χ0) is 15.2. The van der Waals surface area contributed by atoms with Crippen LogP contribution < -0.4 is 15.4 Å². The van der Waals surface area contributed by atoms with E-state index in [0.717, 1.165) is 17.9 Å². The van der Waals surface area contributed by atoms with Crippen LogP contribution >= 0.6 is 11.6 Å². The smallest absolute Gasteiger partial charge is 0.137 e. The van der Waals surface area contributed by atoms with Crippen molar-refractivity contribution in [2.24, 2.45) is 0 Å². The maximum absolute atomic E-state index is 6.10. The number of halogens is 1. The number of rotatable bonds is 6. The van der Waals surface area contributed by atoms with Gasteiger partial charge in [0.25, 0.3) is 0 Å². The van der Waals surface area contributed by atoms with Gasteiger partial charge in [-0.05, 0) is 31.5 Å². The van der Waals surface area contributed by atoms with Crippen LogP contribution in [0.3, 0.4) is 0 Å². The fraction of sp³-hybridized carbons (Fsp3) is 0.333. The van der Waals surface area contributed by atoms with E-state index in [0.29, 0.717) is 22.6 Å². The van der Waals surface area contributed by atoms with E-state index in [1.807, 2.05) is 18.2 Å². The average molecular weight is 307 g/mol.